The first-order chi connectivity index (χ1) is 10.5. The third-order valence-electron chi connectivity index (χ3n) is 3.94. The fraction of sp³-hybridized carbons (Fsp3) is 0.800. The van der Waals surface area contributed by atoms with Crippen molar-refractivity contribution in [1.82, 2.24) is 15.0 Å². The van der Waals surface area contributed by atoms with E-state index in [1.165, 1.54) is 0 Å². The molecule has 0 aromatic carbocycles. The molecule has 0 saturated carbocycles. The number of nitrogens with two attached hydrogens (primary N) is 1. The van der Waals surface area contributed by atoms with E-state index in [9.17, 15) is 4.79 Å². The summed E-state index contributed by atoms with van der Waals surface area (Å²) < 4.78 is 11.3. The van der Waals surface area contributed by atoms with Crippen LogP contribution < -0.4 is 5.73 Å². The zero-order valence-electron chi connectivity index (χ0n) is 13.6. The summed E-state index contributed by atoms with van der Waals surface area (Å²) in [5.41, 5.74) is 5.14. The molecule has 2 N–H and O–H groups in total. The van der Waals surface area contributed by atoms with Crippen LogP contribution in [0.3, 0.4) is 0 Å². The molecule has 1 fully saturated rings. The van der Waals surface area contributed by atoms with E-state index in [-0.39, 0.29) is 18.0 Å². The lowest BCUT2D eigenvalue weighted by Crippen LogP contribution is -2.49. The number of unbranched alkanes of at least 4 members (excludes halogenated alkanes) is 1. The summed E-state index contributed by atoms with van der Waals surface area (Å²) in [6.07, 6.45) is 3.83. The number of hydrogen-bond donors (Lipinski definition) is 1. The minimum absolute atomic E-state index is 0.0637. The number of morpholine rings is 1. The highest BCUT2D eigenvalue weighted by molar-refractivity contribution is 5.88. The van der Waals surface area contributed by atoms with Gasteiger partial charge in [0.05, 0.1) is 18.8 Å². The van der Waals surface area contributed by atoms with Crippen LogP contribution in [0, 0.1) is 5.92 Å². The Kier molecular flexibility index (Phi) is 5.90. The SMILES string of the molecule is CCCC[C@@H]1CN(Cc2nc(C(N)=O)no2)C[C@H](C(C)C)O1. The molecule has 1 amide bonds. The Morgan fingerprint density at radius 2 is 2.23 bits per heavy atom. The number of aromatic nitrogens is 2. The predicted octanol–water partition coefficient (Wildman–Crippen LogP) is 1.58. The average Bonchev–Trinajstić information content (AvgIpc) is 2.93. The minimum atomic E-state index is -0.669. The summed E-state index contributed by atoms with van der Waals surface area (Å²) in [5, 5.41) is 3.59. The van der Waals surface area contributed by atoms with E-state index in [4.69, 9.17) is 15.0 Å². The van der Waals surface area contributed by atoms with Crippen LogP contribution in [0.15, 0.2) is 4.52 Å². The van der Waals surface area contributed by atoms with E-state index in [1.54, 1.807) is 0 Å². The van der Waals surface area contributed by atoms with Crippen LogP contribution in [0.25, 0.3) is 0 Å². The van der Waals surface area contributed by atoms with Gasteiger partial charge in [-0.15, -0.1) is 0 Å². The van der Waals surface area contributed by atoms with Gasteiger partial charge in [0.15, 0.2) is 0 Å². The number of primary amides is 1. The summed E-state index contributed by atoms with van der Waals surface area (Å²) >= 11 is 0. The predicted molar refractivity (Wildman–Crippen MR) is 81.1 cm³/mol. The van der Waals surface area contributed by atoms with Gasteiger partial charge < -0.3 is 15.0 Å². The second kappa shape index (κ2) is 7.69. The first kappa shape index (κ1) is 16.9. The number of hydrogen-bond acceptors (Lipinski definition) is 6. The number of ether oxygens (including phenoxy) is 1. The summed E-state index contributed by atoms with van der Waals surface area (Å²) in [5.74, 6) is 0.146. The van der Waals surface area contributed by atoms with Crippen molar-refractivity contribution in [2.24, 2.45) is 11.7 Å². The van der Waals surface area contributed by atoms with E-state index in [2.05, 4.69) is 35.8 Å². The van der Waals surface area contributed by atoms with Crippen molar-refractivity contribution >= 4 is 5.91 Å². The lowest BCUT2D eigenvalue weighted by Gasteiger charge is -2.39. The molecule has 2 rings (SSSR count). The van der Waals surface area contributed by atoms with Crippen molar-refractivity contribution in [2.75, 3.05) is 13.1 Å². The van der Waals surface area contributed by atoms with Crippen LogP contribution in [0.1, 0.15) is 56.5 Å². The third kappa shape index (κ3) is 4.51. The van der Waals surface area contributed by atoms with Crippen LogP contribution >= 0.6 is 0 Å². The fourth-order valence-corrected chi connectivity index (χ4v) is 2.65. The summed E-state index contributed by atoms with van der Waals surface area (Å²) in [4.78, 5) is 17.3. The van der Waals surface area contributed by atoms with Gasteiger partial charge in [-0.3, -0.25) is 9.69 Å². The van der Waals surface area contributed by atoms with Crippen LogP contribution in [-0.4, -0.2) is 46.2 Å². The summed E-state index contributed by atoms with van der Waals surface area (Å²) in [7, 11) is 0. The second-order valence-corrected chi connectivity index (χ2v) is 6.25. The Balaban J connectivity index is 1.99. The number of nitrogens with zero attached hydrogens (tertiary/aromatic N) is 3. The highest BCUT2D eigenvalue weighted by Crippen LogP contribution is 2.22. The molecule has 7 heteroatoms. The molecule has 7 nitrogen and oxygen atoms in total. The normalized spacial score (nSPS) is 23.1. The van der Waals surface area contributed by atoms with Gasteiger partial charge in [-0.25, -0.2) is 0 Å². The van der Waals surface area contributed by atoms with Gasteiger partial charge >= 0.3 is 0 Å². The minimum Gasteiger partial charge on any atom is -0.372 e. The van der Waals surface area contributed by atoms with Crippen LogP contribution in [-0.2, 0) is 11.3 Å². The van der Waals surface area contributed by atoms with Gasteiger partial charge in [0.1, 0.15) is 0 Å². The summed E-state index contributed by atoms with van der Waals surface area (Å²) in [6, 6.07) is 0. The molecule has 124 valence electrons. The van der Waals surface area contributed by atoms with E-state index >= 15 is 0 Å². The van der Waals surface area contributed by atoms with Crippen molar-refractivity contribution in [3.05, 3.63) is 11.7 Å². The molecule has 0 radical (unpaired) electrons. The summed E-state index contributed by atoms with van der Waals surface area (Å²) in [6.45, 7) is 8.72. The standard InChI is InChI=1S/C15H26N4O3/c1-4-5-6-11-7-19(8-12(21-11)10(2)3)9-13-17-15(14(16)20)18-22-13/h10-12H,4-9H2,1-3H3,(H2,16,20)/t11-,12-/m1/s1. The van der Waals surface area contributed by atoms with Crippen molar-refractivity contribution in [3.63, 3.8) is 0 Å². The number of carbonyl (C=O) groups excluding carboxylic acids is 1. The van der Waals surface area contributed by atoms with Gasteiger partial charge in [0.2, 0.25) is 5.89 Å². The first-order valence-electron chi connectivity index (χ1n) is 7.99. The Morgan fingerprint density at radius 1 is 1.45 bits per heavy atom. The zero-order chi connectivity index (χ0) is 16.1. The van der Waals surface area contributed by atoms with Crippen molar-refractivity contribution in [3.8, 4) is 0 Å². The van der Waals surface area contributed by atoms with Gasteiger partial charge in [-0.2, -0.15) is 4.98 Å². The Labute approximate surface area is 131 Å². The first-order valence-corrected chi connectivity index (χ1v) is 7.99. The lowest BCUT2D eigenvalue weighted by atomic mass is 10.0. The second-order valence-electron chi connectivity index (χ2n) is 6.25. The number of amides is 1. The van der Waals surface area contributed by atoms with E-state index in [1.807, 2.05) is 0 Å². The largest absolute Gasteiger partial charge is 0.372 e. The van der Waals surface area contributed by atoms with Gasteiger partial charge in [-0.1, -0.05) is 38.8 Å². The monoisotopic (exact) mass is 310 g/mol. The molecule has 0 spiro atoms. The van der Waals surface area contributed by atoms with Gasteiger partial charge in [0.25, 0.3) is 11.7 Å². The number of rotatable bonds is 7. The molecule has 22 heavy (non-hydrogen) atoms. The van der Waals surface area contributed by atoms with Crippen molar-refractivity contribution in [1.29, 1.82) is 0 Å². The maximum Gasteiger partial charge on any atom is 0.290 e. The quantitative estimate of drug-likeness (QED) is 0.821. The molecule has 1 aromatic heterocycles. The molecule has 1 saturated heterocycles. The third-order valence-corrected chi connectivity index (χ3v) is 3.94. The molecule has 0 aliphatic carbocycles. The highest BCUT2D eigenvalue weighted by atomic mass is 16.5. The van der Waals surface area contributed by atoms with Gasteiger partial charge in [-0.05, 0) is 12.3 Å². The van der Waals surface area contributed by atoms with Crippen molar-refractivity contribution < 1.29 is 14.1 Å². The Morgan fingerprint density at radius 3 is 2.82 bits per heavy atom. The van der Waals surface area contributed by atoms with E-state index in [0.717, 1.165) is 32.4 Å². The van der Waals surface area contributed by atoms with Crippen LogP contribution in [0.4, 0.5) is 0 Å². The maximum absolute atomic E-state index is 11.0. The average molecular weight is 310 g/mol. The van der Waals surface area contributed by atoms with Crippen LogP contribution in [0.5, 0.6) is 0 Å². The topological polar surface area (TPSA) is 94.5 Å². The highest BCUT2D eigenvalue weighted by Gasteiger charge is 2.30. The Hall–Kier alpha value is -1.47. The Bertz CT molecular complexity index is 489. The zero-order valence-corrected chi connectivity index (χ0v) is 13.6. The van der Waals surface area contributed by atoms with Crippen molar-refractivity contribution in [2.45, 2.75) is 58.8 Å². The molecule has 2 atom stereocenters. The molecular weight excluding hydrogens is 284 g/mol. The maximum atomic E-state index is 11.0. The molecule has 1 aliphatic rings. The molecule has 1 aromatic rings. The molecule has 0 unspecified atom stereocenters. The molecular formula is C15H26N4O3. The lowest BCUT2D eigenvalue weighted by molar-refractivity contribution is -0.109. The fourth-order valence-electron chi connectivity index (χ4n) is 2.65. The molecule has 1 aliphatic heterocycles. The smallest absolute Gasteiger partial charge is 0.290 e. The van der Waals surface area contributed by atoms with E-state index in [0.29, 0.717) is 18.4 Å². The van der Waals surface area contributed by atoms with Gasteiger partial charge in [0, 0.05) is 13.1 Å². The molecule has 0 bridgehead atoms. The molecule has 2 heterocycles. The van der Waals surface area contributed by atoms with Crippen LogP contribution in [0.2, 0.25) is 0 Å². The number of carbonyl (C=O) groups is 1. The van der Waals surface area contributed by atoms with E-state index < -0.39 is 5.91 Å².